The van der Waals surface area contributed by atoms with Crippen molar-refractivity contribution in [2.75, 3.05) is 20.6 Å². The molecule has 0 saturated heterocycles. The first kappa shape index (κ1) is 9.48. The summed E-state index contributed by atoms with van der Waals surface area (Å²) >= 11 is 0. The van der Waals surface area contributed by atoms with E-state index in [-0.39, 0.29) is 11.3 Å². The molecule has 1 amide bonds. The Morgan fingerprint density at radius 1 is 1.58 bits per heavy atom. The Kier molecular flexibility index (Phi) is 2.69. The minimum Gasteiger partial charge on any atom is -0.329 e. The molecule has 1 aliphatic carbocycles. The number of rotatable bonds is 3. The van der Waals surface area contributed by atoms with Crippen molar-refractivity contribution in [1.82, 2.24) is 10.4 Å². The molecule has 4 nitrogen and oxygen atoms in total. The highest BCUT2D eigenvalue weighted by Gasteiger charge is 2.42. The van der Waals surface area contributed by atoms with Crippen molar-refractivity contribution >= 4 is 5.91 Å². The third-order valence-electron chi connectivity index (χ3n) is 2.51. The van der Waals surface area contributed by atoms with Gasteiger partial charge in [0.15, 0.2) is 0 Å². The molecule has 70 valence electrons. The maximum Gasteiger partial charge on any atom is 0.241 e. The summed E-state index contributed by atoms with van der Waals surface area (Å²) in [5, 5.41) is 1.66. The number of hydrazine groups is 1. The van der Waals surface area contributed by atoms with Crippen LogP contribution in [0.25, 0.3) is 0 Å². The Morgan fingerprint density at radius 2 is 2.17 bits per heavy atom. The molecule has 12 heavy (non-hydrogen) atoms. The summed E-state index contributed by atoms with van der Waals surface area (Å²) in [7, 11) is 3.61. The van der Waals surface area contributed by atoms with Crippen LogP contribution in [0.3, 0.4) is 0 Å². The molecular weight excluding hydrogens is 154 g/mol. The normalized spacial score (nSPS) is 20.3. The number of hydrogen-bond acceptors (Lipinski definition) is 3. The summed E-state index contributed by atoms with van der Waals surface area (Å²) in [6, 6.07) is 0. The van der Waals surface area contributed by atoms with Crippen LogP contribution < -0.4 is 11.2 Å². The van der Waals surface area contributed by atoms with E-state index in [9.17, 15) is 4.79 Å². The van der Waals surface area contributed by atoms with Gasteiger partial charge in [-0.2, -0.15) is 0 Å². The van der Waals surface area contributed by atoms with Gasteiger partial charge in [0.2, 0.25) is 5.91 Å². The van der Waals surface area contributed by atoms with Crippen LogP contribution in [0.5, 0.6) is 0 Å². The topological polar surface area (TPSA) is 58.4 Å². The Hall–Kier alpha value is -0.610. The standard InChI is InChI=1S/C8H17N3O/c1-11(2)10-7(12)8(6-9)4-3-5-8/h3-6,9H2,1-2H3,(H,10,12). The number of carbonyl (C=O) groups excluding carboxylic acids is 1. The first-order valence-corrected chi connectivity index (χ1v) is 4.29. The Bertz CT molecular complexity index is 170. The van der Waals surface area contributed by atoms with E-state index < -0.39 is 0 Å². The molecule has 3 N–H and O–H groups in total. The van der Waals surface area contributed by atoms with Crippen LogP contribution in [0.15, 0.2) is 0 Å². The van der Waals surface area contributed by atoms with Gasteiger partial charge in [-0.25, -0.2) is 5.01 Å². The van der Waals surface area contributed by atoms with E-state index in [4.69, 9.17) is 5.73 Å². The van der Waals surface area contributed by atoms with Gasteiger partial charge in [-0.1, -0.05) is 6.42 Å². The van der Waals surface area contributed by atoms with Crippen molar-refractivity contribution in [2.24, 2.45) is 11.1 Å². The highest BCUT2D eigenvalue weighted by atomic mass is 16.2. The van der Waals surface area contributed by atoms with E-state index in [1.807, 2.05) is 0 Å². The predicted octanol–water partition coefficient (Wildman–Crippen LogP) is -0.292. The maximum absolute atomic E-state index is 11.6. The lowest BCUT2D eigenvalue weighted by Crippen LogP contribution is -2.53. The largest absolute Gasteiger partial charge is 0.329 e. The monoisotopic (exact) mass is 171 g/mol. The molecular formula is C8H17N3O. The highest BCUT2D eigenvalue weighted by Crippen LogP contribution is 2.39. The van der Waals surface area contributed by atoms with Crippen molar-refractivity contribution in [1.29, 1.82) is 0 Å². The van der Waals surface area contributed by atoms with Crippen molar-refractivity contribution < 1.29 is 4.79 Å². The minimum atomic E-state index is -0.260. The van der Waals surface area contributed by atoms with E-state index in [1.54, 1.807) is 19.1 Å². The molecule has 0 atom stereocenters. The zero-order valence-corrected chi connectivity index (χ0v) is 7.76. The average Bonchev–Trinajstić information content (AvgIpc) is 1.83. The van der Waals surface area contributed by atoms with Gasteiger partial charge in [0.05, 0.1) is 5.41 Å². The molecule has 0 bridgehead atoms. The average molecular weight is 171 g/mol. The van der Waals surface area contributed by atoms with Gasteiger partial charge >= 0.3 is 0 Å². The van der Waals surface area contributed by atoms with E-state index in [0.717, 1.165) is 19.3 Å². The summed E-state index contributed by atoms with van der Waals surface area (Å²) in [6.45, 7) is 0.465. The molecule has 0 radical (unpaired) electrons. The second-order valence-electron chi connectivity index (χ2n) is 3.67. The maximum atomic E-state index is 11.6. The summed E-state index contributed by atoms with van der Waals surface area (Å²) in [5.74, 6) is 0.0706. The van der Waals surface area contributed by atoms with Crippen LogP contribution in [0.2, 0.25) is 0 Å². The Morgan fingerprint density at radius 3 is 2.42 bits per heavy atom. The molecule has 0 heterocycles. The molecule has 0 spiro atoms. The lowest BCUT2D eigenvalue weighted by atomic mass is 9.68. The van der Waals surface area contributed by atoms with Crippen LogP contribution in [-0.4, -0.2) is 31.6 Å². The Labute approximate surface area is 73.1 Å². The van der Waals surface area contributed by atoms with Gasteiger partial charge in [0, 0.05) is 20.6 Å². The van der Waals surface area contributed by atoms with Gasteiger partial charge in [0.1, 0.15) is 0 Å². The van der Waals surface area contributed by atoms with Crippen molar-refractivity contribution in [3.05, 3.63) is 0 Å². The lowest BCUT2D eigenvalue weighted by molar-refractivity contribution is -0.139. The van der Waals surface area contributed by atoms with Gasteiger partial charge < -0.3 is 5.73 Å². The second kappa shape index (κ2) is 3.41. The molecule has 4 heteroatoms. The Balaban J connectivity index is 2.49. The molecule has 1 aliphatic rings. The minimum absolute atomic E-state index is 0.0706. The number of nitrogens with one attached hydrogen (secondary N) is 1. The third kappa shape index (κ3) is 1.59. The number of carbonyl (C=O) groups is 1. The van der Waals surface area contributed by atoms with E-state index >= 15 is 0 Å². The number of amides is 1. The van der Waals surface area contributed by atoms with Crippen LogP contribution in [0.4, 0.5) is 0 Å². The first-order valence-electron chi connectivity index (χ1n) is 4.29. The van der Waals surface area contributed by atoms with Gasteiger partial charge in [-0.3, -0.25) is 10.2 Å². The fourth-order valence-electron chi connectivity index (χ4n) is 1.45. The third-order valence-corrected chi connectivity index (χ3v) is 2.51. The number of hydrogen-bond donors (Lipinski definition) is 2. The van der Waals surface area contributed by atoms with Crippen LogP contribution in [0.1, 0.15) is 19.3 Å². The van der Waals surface area contributed by atoms with Gasteiger partial charge in [-0.15, -0.1) is 0 Å². The molecule has 0 aliphatic heterocycles. The molecule has 0 aromatic heterocycles. The van der Waals surface area contributed by atoms with Crippen LogP contribution in [-0.2, 0) is 4.79 Å². The molecule has 0 aromatic rings. The highest BCUT2D eigenvalue weighted by molar-refractivity contribution is 5.83. The summed E-state index contributed by atoms with van der Waals surface area (Å²) in [4.78, 5) is 11.6. The molecule has 1 saturated carbocycles. The molecule has 0 aromatic carbocycles. The number of nitrogens with zero attached hydrogens (tertiary/aromatic N) is 1. The smallest absolute Gasteiger partial charge is 0.241 e. The summed E-state index contributed by atoms with van der Waals surface area (Å²) < 4.78 is 0. The molecule has 0 unspecified atom stereocenters. The molecule has 1 fully saturated rings. The van der Waals surface area contributed by atoms with Crippen molar-refractivity contribution in [3.8, 4) is 0 Å². The zero-order valence-electron chi connectivity index (χ0n) is 7.76. The van der Waals surface area contributed by atoms with Crippen LogP contribution >= 0.6 is 0 Å². The van der Waals surface area contributed by atoms with E-state index in [2.05, 4.69) is 5.43 Å². The second-order valence-corrected chi connectivity index (χ2v) is 3.67. The fraction of sp³-hybridized carbons (Fsp3) is 0.875. The SMILES string of the molecule is CN(C)NC(=O)C1(CN)CCC1. The summed E-state index contributed by atoms with van der Waals surface area (Å²) in [5.41, 5.74) is 8.06. The van der Waals surface area contributed by atoms with E-state index in [1.165, 1.54) is 0 Å². The van der Waals surface area contributed by atoms with Gasteiger partial charge in [-0.05, 0) is 12.8 Å². The lowest BCUT2D eigenvalue weighted by Gasteiger charge is -2.39. The van der Waals surface area contributed by atoms with E-state index in [0.29, 0.717) is 6.54 Å². The van der Waals surface area contributed by atoms with Crippen LogP contribution in [0, 0.1) is 5.41 Å². The fourth-order valence-corrected chi connectivity index (χ4v) is 1.45. The van der Waals surface area contributed by atoms with Gasteiger partial charge in [0.25, 0.3) is 0 Å². The first-order chi connectivity index (χ1) is 5.60. The van der Waals surface area contributed by atoms with Crippen molar-refractivity contribution in [3.63, 3.8) is 0 Å². The van der Waals surface area contributed by atoms with Crippen molar-refractivity contribution in [2.45, 2.75) is 19.3 Å². The molecule has 1 rings (SSSR count). The zero-order chi connectivity index (χ0) is 9.19. The number of nitrogens with two attached hydrogens (primary N) is 1. The predicted molar refractivity (Wildman–Crippen MR) is 47.2 cm³/mol. The summed E-state index contributed by atoms with van der Waals surface area (Å²) in [6.07, 6.45) is 2.99. The quantitative estimate of drug-likeness (QED) is 0.574.